The van der Waals surface area contributed by atoms with Gasteiger partial charge in [0.15, 0.2) is 5.65 Å². The number of aromatic nitrogens is 3. The van der Waals surface area contributed by atoms with Gasteiger partial charge in [-0.15, -0.1) is 0 Å². The van der Waals surface area contributed by atoms with Crippen molar-refractivity contribution in [2.24, 2.45) is 5.92 Å². The van der Waals surface area contributed by atoms with E-state index in [-0.39, 0.29) is 23.7 Å². The van der Waals surface area contributed by atoms with Crippen LogP contribution in [0.3, 0.4) is 0 Å². The van der Waals surface area contributed by atoms with Crippen LogP contribution in [0.1, 0.15) is 56.6 Å². The lowest BCUT2D eigenvalue weighted by molar-refractivity contribution is 0.0464. The summed E-state index contributed by atoms with van der Waals surface area (Å²) in [5, 5.41) is 4.68. The van der Waals surface area contributed by atoms with Crippen LogP contribution in [0, 0.1) is 11.7 Å². The Morgan fingerprint density at radius 3 is 2.50 bits per heavy atom. The van der Waals surface area contributed by atoms with E-state index in [0.29, 0.717) is 23.8 Å². The first-order chi connectivity index (χ1) is 15.2. The number of carbonyl (C=O) groups is 1. The van der Waals surface area contributed by atoms with Gasteiger partial charge in [0.25, 0.3) is 5.91 Å². The van der Waals surface area contributed by atoms with E-state index in [2.05, 4.69) is 44.6 Å². The van der Waals surface area contributed by atoms with Crippen molar-refractivity contribution >= 4 is 11.6 Å². The maximum absolute atomic E-state index is 13.4. The Balaban J connectivity index is 1.65. The summed E-state index contributed by atoms with van der Waals surface area (Å²) in [5.74, 6) is 0.476. The lowest BCUT2D eigenvalue weighted by Gasteiger charge is -2.40. The molecule has 1 aromatic carbocycles. The van der Waals surface area contributed by atoms with Crippen LogP contribution >= 0.6 is 0 Å². The van der Waals surface area contributed by atoms with Crippen molar-refractivity contribution in [1.82, 2.24) is 24.4 Å². The Morgan fingerprint density at radius 1 is 1.16 bits per heavy atom. The lowest BCUT2D eigenvalue weighted by Crippen LogP contribution is -2.54. The number of hydrogen-bond donors (Lipinski definition) is 0. The standard InChI is InChI=1S/C25H32FN5O/c1-16(2)13-29-10-11-30(18(5)14-29)25(32)23-15-31-24(27-23)21(17(3)4)12-22(28-31)19-6-8-20(26)9-7-19/h6-9,12,15-18H,10-11,13-14H2,1-5H3/t18-/m0/s1. The first-order valence-corrected chi connectivity index (χ1v) is 11.4. The minimum Gasteiger partial charge on any atom is -0.332 e. The topological polar surface area (TPSA) is 53.7 Å². The summed E-state index contributed by atoms with van der Waals surface area (Å²) >= 11 is 0. The van der Waals surface area contributed by atoms with Crippen molar-refractivity contribution in [2.75, 3.05) is 26.2 Å². The molecule has 3 heterocycles. The van der Waals surface area contributed by atoms with E-state index in [1.165, 1.54) is 12.1 Å². The van der Waals surface area contributed by atoms with Crippen LogP contribution < -0.4 is 0 Å². The van der Waals surface area contributed by atoms with E-state index in [1.807, 2.05) is 11.0 Å². The minimum absolute atomic E-state index is 0.0507. The zero-order chi connectivity index (χ0) is 23.0. The molecule has 1 atom stereocenters. The largest absolute Gasteiger partial charge is 0.332 e. The number of fused-ring (bicyclic) bond motifs is 1. The van der Waals surface area contributed by atoms with Crippen LogP contribution in [0.5, 0.6) is 0 Å². The molecule has 0 unspecified atom stereocenters. The summed E-state index contributed by atoms with van der Waals surface area (Å²) in [6.07, 6.45) is 1.73. The molecule has 0 N–H and O–H groups in total. The van der Waals surface area contributed by atoms with Gasteiger partial charge in [-0.25, -0.2) is 13.9 Å². The molecular weight excluding hydrogens is 405 g/mol. The average Bonchev–Trinajstić information content (AvgIpc) is 3.17. The van der Waals surface area contributed by atoms with Crippen molar-refractivity contribution in [3.05, 3.63) is 53.6 Å². The number of benzene rings is 1. The summed E-state index contributed by atoms with van der Waals surface area (Å²) in [4.78, 5) is 22.4. The van der Waals surface area contributed by atoms with Crippen LogP contribution in [0.15, 0.2) is 36.5 Å². The predicted molar refractivity (Wildman–Crippen MR) is 124 cm³/mol. The van der Waals surface area contributed by atoms with Crippen molar-refractivity contribution in [2.45, 2.75) is 46.6 Å². The van der Waals surface area contributed by atoms with Gasteiger partial charge in [-0.1, -0.05) is 27.7 Å². The second kappa shape index (κ2) is 8.98. The molecule has 0 spiro atoms. The maximum Gasteiger partial charge on any atom is 0.274 e. The van der Waals surface area contributed by atoms with Crippen LogP contribution in [0.25, 0.3) is 16.9 Å². The first-order valence-electron chi connectivity index (χ1n) is 11.4. The molecule has 1 fully saturated rings. The highest BCUT2D eigenvalue weighted by Gasteiger charge is 2.30. The minimum atomic E-state index is -0.281. The summed E-state index contributed by atoms with van der Waals surface area (Å²) < 4.78 is 15.1. The molecule has 1 saturated heterocycles. The zero-order valence-corrected chi connectivity index (χ0v) is 19.5. The molecule has 3 aromatic rings. The molecule has 0 aliphatic carbocycles. The average molecular weight is 438 g/mol. The third-order valence-corrected chi connectivity index (χ3v) is 6.03. The van der Waals surface area contributed by atoms with Gasteiger partial charge in [0.1, 0.15) is 11.5 Å². The SMILES string of the molecule is CC(C)CN1CCN(C(=O)c2cn3nc(-c4ccc(F)cc4)cc(C(C)C)c3n2)[C@@H](C)C1. The number of imidazole rings is 1. The van der Waals surface area contributed by atoms with Gasteiger partial charge in [-0.3, -0.25) is 9.69 Å². The van der Waals surface area contributed by atoms with E-state index in [1.54, 1.807) is 22.8 Å². The fourth-order valence-corrected chi connectivity index (χ4v) is 4.45. The molecule has 0 radical (unpaired) electrons. The molecule has 4 rings (SSSR count). The highest BCUT2D eigenvalue weighted by molar-refractivity contribution is 5.93. The molecule has 1 amide bonds. The fourth-order valence-electron chi connectivity index (χ4n) is 4.45. The second-order valence-corrected chi connectivity index (χ2v) is 9.54. The van der Waals surface area contributed by atoms with Crippen molar-refractivity contribution in [1.29, 1.82) is 0 Å². The summed E-state index contributed by atoms with van der Waals surface area (Å²) in [5.41, 5.74) is 3.67. The highest BCUT2D eigenvalue weighted by atomic mass is 19.1. The van der Waals surface area contributed by atoms with Gasteiger partial charge in [-0.2, -0.15) is 5.10 Å². The van der Waals surface area contributed by atoms with E-state index in [0.717, 1.165) is 36.5 Å². The smallest absolute Gasteiger partial charge is 0.274 e. The van der Waals surface area contributed by atoms with E-state index < -0.39 is 0 Å². The van der Waals surface area contributed by atoms with E-state index >= 15 is 0 Å². The van der Waals surface area contributed by atoms with Gasteiger partial charge >= 0.3 is 0 Å². The van der Waals surface area contributed by atoms with Gasteiger partial charge < -0.3 is 4.90 Å². The maximum atomic E-state index is 13.4. The summed E-state index contributed by atoms with van der Waals surface area (Å²) in [7, 11) is 0. The molecule has 1 aliphatic heterocycles. The Hall–Kier alpha value is -2.80. The molecule has 170 valence electrons. The third-order valence-electron chi connectivity index (χ3n) is 6.03. The number of nitrogens with zero attached hydrogens (tertiary/aromatic N) is 5. The Kier molecular flexibility index (Phi) is 6.29. The van der Waals surface area contributed by atoms with Crippen molar-refractivity contribution < 1.29 is 9.18 Å². The normalized spacial score (nSPS) is 17.6. The number of carbonyl (C=O) groups excluding carboxylic acids is 1. The summed E-state index contributed by atoms with van der Waals surface area (Å²) in [6, 6.07) is 8.41. The van der Waals surface area contributed by atoms with Crippen LogP contribution in [-0.2, 0) is 0 Å². The lowest BCUT2D eigenvalue weighted by atomic mass is 10.0. The van der Waals surface area contributed by atoms with Gasteiger partial charge in [0.2, 0.25) is 0 Å². The van der Waals surface area contributed by atoms with E-state index in [9.17, 15) is 9.18 Å². The quantitative estimate of drug-likeness (QED) is 0.591. The molecule has 2 aromatic heterocycles. The Morgan fingerprint density at radius 2 is 1.88 bits per heavy atom. The molecule has 0 saturated carbocycles. The van der Waals surface area contributed by atoms with Gasteiger partial charge in [0, 0.05) is 43.3 Å². The third kappa shape index (κ3) is 4.53. The van der Waals surface area contributed by atoms with Crippen LogP contribution in [-0.4, -0.2) is 62.5 Å². The predicted octanol–water partition coefficient (Wildman–Crippen LogP) is 4.46. The Labute approximate surface area is 189 Å². The van der Waals surface area contributed by atoms with E-state index in [4.69, 9.17) is 4.98 Å². The van der Waals surface area contributed by atoms with Gasteiger partial charge in [0.05, 0.1) is 11.9 Å². The number of hydrogen-bond acceptors (Lipinski definition) is 4. The zero-order valence-electron chi connectivity index (χ0n) is 19.5. The van der Waals surface area contributed by atoms with Crippen molar-refractivity contribution in [3.63, 3.8) is 0 Å². The highest BCUT2D eigenvalue weighted by Crippen LogP contribution is 2.26. The number of rotatable bonds is 5. The number of amides is 1. The molecular formula is C25H32FN5O. The number of piperazine rings is 1. The van der Waals surface area contributed by atoms with Gasteiger partial charge in [-0.05, 0) is 49.1 Å². The monoisotopic (exact) mass is 437 g/mol. The number of halogens is 1. The van der Waals surface area contributed by atoms with Crippen molar-refractivity contribution in [3.8, 4) is 11.3 Å². The second-order valence-electron chi connectivity index (χ2n) is 9.54. The molecule has 1 aliphatic rings. The fraction of sp³-hybridized carbons (Fsp3) is 0.480. The Bertz CT molecular complexity index is 1110. The first kappa shape index (κ1) is 22.4. The van der Waals surface area contributed by atoms with Crippen LogP contribution in [0.2, 0.25) is 0 Å². The molecule has 0 bridgehead atoms. The summed E-state index contributed by atoms with van der Waals surface area (Å²) in [6.45, 7) is 14.2. The molecule has 32 heavy (non-hydrogen) atoms. The molecule has 7 heteroatoms. The molecule has 6 nitrogen and oxygen atoms in total. The van der Waals surface area contributed by atoms with Crippen LogP contribution in [0.4, 0.5) is 4.39 Å².